The Bertz CT molecular complexity index is 276. The number of ether oxygens (including phenoxy) is 1. The second-order valence-electron chi connectivity index (χ2n) is 3.48. The highest BCUT2D eigenvalue weighted by atomic mass is 16.5. The van der Waals surface area contributed by atoms with Gasteiger partial charge in [-0.1, -0.05) is 49.1 Å². The van der Waals surface area contributed by atoms with Crippen LogP contribution in [0.1, 0.15) is 6.92 Å². The highest BCUT2D eigenvalue weighted by molar-refractivity contribution is 5.11. The van der Waals surface area contributed by atoms with Crippen LogP contribution in [0.15, 0.2) is 49.1 Å². The molecule has 1 fully saturated rings. The lowest BCUT2D eigenvalue weighted by Crippen LogP contribution is -2.23. The Morgan fingerprint density at radius 1 is 1.27 bits per heavy atom. The summed E-state index contributed by atoms with van der Waals surface area (Å²) in [5.74, 6) is 0.0839. The molecule has 0 amide bonds. The van der Waals surface area contributed by atoms with E-state index in [2.05, 4.69) is 6.58 Å². The Kier molecular flexibility index (Phi) is 5.08. The smallest absolute Gasteiger partial charge is 0.102 e. The van der Waals surface area contributed by atoms with Gasteiger partial charge in [-0.2, -0.15) is 0 Å². The van der Waals surface area contributed by atoms with Crippen LogP contribution in [-0.2, 0) is 4.74 Å². The van der Waals surface area contributed by atoms with Crippen molar-refractivity contribution >= 4 is 0 Å². The van der Waals surface area contributed by atoms with Crippen molar-refractivity contribution in [2.45, 2.75) is 19.1 Å². The van der Waals surface area contributed by atoms with E-state index in [0.29, 0.717) is 6.61 Å². The predicted molar refractivity (Wildman–Crippen MR) is 62.5 cm³/mol. The maximum Gasteiger partial charge on any atom is 0.102 e. The molecule has 1 saturated heterocycles. The summed E-state index contributed by atoms with van der Waals surface area (Å²) in [7, 11) is 0. The minimum absolute atomic E-state index is 0.0839. The maximum atomic E-state index is 9.89. The van der Waals surface area contributed by atoms with Gasteiger partial charge in [0.25, 0.3) is 0 Å². The Morgan fingerprint density at radius 2 is 2.07 bits per heavy atom. The Hall–Kier alpha value is -1.12. The second-order valence-corrected chi connectivity index (χ2v) is 3.48. The molecule has 82 valence electrons. The van der Waals surface area contributed by atoms with Crippen molar-refractivity contribution in [2.75, 3.05) is 6.61 Å². The molecule has 0 aromatic rings. The van der Waals surface area contributed by atoms with E-state index in [9.17, 15) is 5.11 Å². The van der Waals surface area contributed by atoms with E-state index in [1.54, 1.807) is 12.2 Å². The first-order chi connectivity index (χ1) is 7.29. The van der Waals surface area contributed by atoms with E-state index in [0.717, 1.165) is 0 Å². The van der Waals surface area contributed by atoms with Crippen LogP contribution in [0.2, 0.25) is 0 Å². The second kappa shape index (κ2) is 6.38. The first-order valence-corrected chi connectivity index (χ1v) is 5.18. The summed E-state index contributed by atoms with van der Waals surface area (Å²) in [5.41, 5.74) is 0. The molecule has 0 radical (unpaired) electrons. The van der Waals surface area contributed by atoms with Crippen molar-refractivity contribution in [1.29, 1.82) is 0 Å². The maximum absolute atomic E-state index is 9.89. The summed E-state index contributed by atoms with van der Waals surface area (Å²) in [6, 6.07) is 0. The number of hydrogen-bond acceptors (Lipinski definition) is 2. The van der Waals surface area contributed by atoms with E-state index in [4.69, 9.17) is 4.74 Å². The zero-order valence-electron chi connectivity index (χ0n) is 9.04. The van der Waals surface area contributed by atoms with Crippen LogP contribution in [0, 0.1) is 5.92 Å². The fourth-order valence-corrected chi connectivity index (χ4v) is 1.51. The van der Waals surface area contributed by atoms with Crippen LogP contribution in [0.5, 0.6) is 0 Å². The van der Waals surface area contributed by atoms with Crippen LogP contribution >= 0.6 is 0 Å². The lowest BCUT2D eigenvalue weighted by atomic mass is 10.0. The average Bonchev–Trinajstić information content (AvgIpc) is 2.58. The first-order valence-electron chi connectivity index (χ1n) is 5.18. The molecule has 3 atom stereocenters. The number of allylic oxidation sites excluding steroid dienone is 5. The van der Waals surface area contributed by atoms with Gasteiger partial charge in [0.2, 0.25) is 0 Å². The molecule has 0 spiro atoms. The van der Waals surface area contributed by atoms with Gasteiger partial charge in [0.1, 0.15) is 6.10 Å². The predicted octanol–water partition coefficient (Wildman–Crippen LogP) is 2.24. The van der Waals surface area contributed by atoms with Gasteiger partial charge < -0.3 is 9.84 Å². The standard InChI is InChI=1S/C13H18O2/c1-3-5-7-8-11-10-15-12(13(11)14)9-6-4-2/h3-9,11-14H,2,10H2,1H3/b5-3-,8-7+,9-6+/t11-,12-,13+/m0/s1. The molecule has 0 aromatic heterocycles. The third-order valence-corrected chi connectivity index (χ3v) is 2.36. The van der Waals surface area contributed by atoms with Crippen LogP contribution in [0.25, 0.3) is 0 Å². The summed E-state index contributed by atoms with van der Waals surface area (Å²) >= 11 is 0. The largest absolute Gasteiger partial charge is 0.389 e. The highest BCUT2D eigenvalue weighted by Crippen LogP contribution is 2.22. The van der Waals surface area contributed by atoms with Gasteiger partial charge in [-0.3, -0.25) is 0 Å². The molecule has 15 heavy (non-hydrogen) atoms. The highest BCUT2D eigenvalue weighted by Gasteiger charge is 2.32. The SMILES string of the molecule is C=C/C=C/[C@@H]1OC[C@H](/C=C/C=C\C)[C@H]1O. The van der Waals surface area contributed by atoms with Gasteiger partial charge in [-0.25, -0.2) is 0 Å². The molecule has 2 heteroatoms. The molecule has 1 heterocycles. The Morgan fingerprint density at radius 3 is 2.73 bits per heavy atom. The van der Waals surface area contributed by atoms with E-state index in [-0.39, 0.29) is 12.0 Å². The van der Waals surface area contributed by atoms with E-state index in [1.807, 2.05) is 37.3 Å². The average molecular weight is 206 g/mol. The molecule has 0 saturated carbocycles. The van der Waals surface area contributed by atoms with Gasteiger partial charge >= 0.3 is 0 Å². The van der Waals surface area contributed by atoms with Crippen molar-refractivity contribution in [3.05, 3.63) is 49.1 Å². The molecule has 1 aliphatic heterocycles. The summed E-state index contributed by atoms with van der Waals surface area (Å²) < 4.78 is 5.45. The number of aliphatic hydroxyl groups is 1. The van der Waals surface area contributed by atoms with Crippen molar-refractivity contribution in [1.82, 2.24) is 0 Å². The molecule has 1 N–H and O–H groups in total. The summed E-state index contributed by atoms with van der Waals surface area (Å²) in [6.07, 6.45) is 12.5. The molecular weight excluding hydrogens is 188 g/mol. The molecule has 1 aliphatic rings. The monoisotopic (exact) mass is 206 g/mol. The van der Waals surface area contributed by atoms with Crippen LogP contribution in [-0.4, -0.2) is 23.9 Å². The van der Waals surface area contributed by atoms with Crippen molar-refractivity contribution in [2.24, 2.45) is 5.92 Å². The van der Waals surface area contributed by atoms with Gasteiger partial charge in [-0.15, -0.1) is 0 Å². The van der Waals surface area contributed by atoms with Crippen LogP contribution in [0.3, 0.4) is 0 Å². The minimum atomic E-state index is -0.456. The summed E-state index contributed by atoms with van der Waals surface area (Å²) in [4.78, 5) is 0. The van der Waals surface area contributed by atoms with Crippen molar-refractivity contribution in [3.8, 4) is 0 Å². The van der Waals surface area contributed by atoms with Gasteiger partial charge in [0, 0.05) is 5.92 Å². The zero-order chi connectivity index (χ0) is 11.1. The third-order valence-electron chi connectivity index (χ3n) is 2.36. The van der Waals surface area contributed by atoms with E-state index >= 15 is 0 Å². The van der Waals surface area contributed by atoms with Gasteiger partial charge in [0.05, 0.1) is 12.7 Å². The van der Waals surface area contributed by atoms with E-state index < -0.39 is 6.10 Å². The van der Waals surface area contributed by atoms with Gasteiger partial charge in [-0.05, 0) is 6.92 Å². The summed E-state index contributed by atoms with van der Waals surface area (Å²) in [5, 5.41) is 9.89. The van der Waals surface area contributed by atoms with Crippen molar-refractivity contribution < 1.29 is 9.84 Å². The number of aliphatic hydroxyl groups excluding tert-OH is 1. The molecule has 0 aliphatic carbocycles. The number of rotatable bonds is 4. The molecule has 0 aromatic carbocycles. The summed E-state index contributed by atoms with van der Waals surface area (Å²) in [6.45, 7) is 6.11. The Labute approximate surface area is 91.3 Å². The fourth-order valence-electron chi connectivity index (χ4n) is 1.51. The van der Waals surface area contributed by atoms with Gasteiger partial charge in [0.15, 0.2) is 0 Å². The number of hydrogen-bond donors (Lipinski definition) is 1. The molecular formula is C13H18O2. The van der Waals surface area contributed by atoms with Crippen LogP contribution in [0.4, 0.5) is 0 Å². The normalized spacial score (nSPS) is 32.3. The first kappa shape index (κ1) is 12.0. The molecule has 0 unspecified atom stereocenters. The quantitative estimate of drug-likeness (QED) is 0.715. The van der Waals surface area contributed by atoms with E-state index in [1.165, 1.54) is 0 Å². The minimum Gasteiger partial charge on any atom is -0.389 e. The van der Waals surface area contributed by atoms with Crippen molar-refractivity contribution in [3.63, 3.8) is 0 Å². The van der Waals surface area contributed by atoms with Crippen LogP contribution < -0.4 is 0 Å². The lowest BCUT2D eigenvalue weighted by Gasteiger charge is -2.11. The lowest BCUT2D eigenvalue weighted by molar-refractivity contribution is 0.0724. The Balaban J connectivity index is 2.51. The zero-order valence-corrected chi connectivity index (χ0v) is 9.04. The third kappa shape index (κ3) is 3.50. The molecule has 2 nitrogen and oxygen atoms in total. The molecule has 0 bridgehead atoms. The topological polar surface area (TPSA) is 29.5 Å². The fraction of sp³-hybridized carbons (Fsp3) is 0.385. The molecule has 1 rings (SSSR count).